The molecule has 2 nitrogen and oxygen atoms in total. The smallest absolute Gasteiger partial charge is 0.227 e. The van der Waals surface area contributed by atoms with Gasteiger partial charge in [-0.05, 0) is 23.5 Å². The molecule has 1 aromatic rings. The lowest BCUT2D eigenvalue weighted by Gasteiger charge is -2.17. The second-order valence-electron chi connectivity index (χ2n) is 8.37. The van der Waals surface area contributed by atoms with Crippen LogP contribution in [0.25, 0.3) is 0 Å². The van der Waals surface area contributed by atoms with Gasteiger partial charge in [0.2, 0.25) is 5.90 Å². The second kappa shape index (κ2) is 4.81. The van der Waals surface area contributed by atoms with Gasteiger partial charge in [0, 0.05) is 0 Å². The summed E-state index contributed by atoms with van der Waals surface area (Å²) in [4.78, 5) is 6.11. The normalized spacial score (nSPS) is 18.9. The zero-order chi connectivity index (χ0) is 15.3. The Bertz CT molecular complexity index is 547. The zero-order valence-electron chi connectivity index (χ0n) is 14.0. The van der Waals surface area contributed by atoms with Gasteiger partial charge < -0.3 is 4.74 Å². The highest BCUT2D eigenvalue weighted by molar-refractivity contribution is 7.29. The summed E-state index contributed by atoms with van der Waals surface area (Å²) in [5.74, 6) is 0.891. The van der Waals surface area contributed by atoms with E-state index in [1.165, 1.54) is 10.1 Å². The summed E-state index contributed by atoms with van der Waals surface area (Å²) in [5, 5.41) is 1.52. The lowest BCUT2D eigenvalue weighted by Crippen LogP contribution is -2.42. The van der Waals surface area contributed by atoms with Gasteiger partial charge in [0.15, 0.2) is 0 Å². The predicted molar refractivity (Wildman–Crippen MR) is 96.8 cm³/mol. The molecule has 0 radical (unpaired) electrons. The molecule has 0 aromatic carbocycles. The summed E-state index contributed by atoms with van der Waals surface area (Å²) >= 11 is 1.93. The van der Waals surface area contributed by atoms with Gasteiger partial charge in [-0.25, -0.2) is 4.99 Å². The van der Waals surface area contributed by atoms with Crippen LogP contribution in [0.1, 0.15) is 18.7 Å². The van der Waals surface area contributed by atoms with Crippen LogP contribution in [0.5, 0.6) is 0 Å². The highest BCUT2D eigenvalue weighted by atomic mass is 32.1. The van der Waals surface area contributed by atoms with Gasteiger partial charge in [-0.3, -0.25) is 0 Å². The molecular formula is C15H27NOSSi2. The molecule has 0 fully saturated rings. The van der Waals surface area contributed by atoms with Crippen LogP contribution in [0.2, 0.25) is 39.3 Å². The highest BCUT2D eigenvalue weighted by Gasteiger charge is 2.34. The molecule has 5 heteroatoms. The maximum atomic E-state index is 5.91. The standard InChI is InChI=1S/C15H27NOSSi2/c1-15(2)10-17-14(16-15)13-11(19(3,4)5)9-12(18-13)20(6,7)8/h9H,10H2,1-8H3. The number of hydrogen-bond donors (Lipinski definition) is 0. The van der Waals surface area contributed by atoms with E-state index in [0.29, 0.717) is 6.61 Å². The number of nitrogens with zero attached hydrogens (tertiary/aromatic N) is 1. The molecule has 0 saturated heterocycles. The first-order valence-electron chi connectivity index (χ1n) is 7.28. The van der Waals surface area contributed by atoms with Gasteiger partial charge in [-0.15, -0.1) is 11.3 Å². The van der Waals surface area contributed by atoms with E-state index in [0.717, 1.165) is 5.90 Å². The van der Waals surface area contributed by atoms with Gasteiger partial charge in [-0.2, -0.15) is 0 Å². The monoisotopic (exact) mass is 325 g/mol. The minimum Gasteiger partial charge on any atom is -0.474 e. The molecule has 1 aliphatic heterocycles. The first kappa shape index (κ1) is 16.0. The Labute approximate surface area is 129 Å². The quantitative estimate of drug-likeness (QED) is 0.781. The minimum atomic E-state index is -1.38. The van der Waals surface area contributed by atoms with Crippen molar-refractivity contribution in [2.45, 2.75) is 58.7 Å². The molecule has 1 aliphatic rings. The van der Waals surface area contributed by atoms with Crippen molar-refractivity contribution in [1.29, 1.82) is 0 Å². The van der Waals surface area contributed by atoms with E-state index in [1.807, 2.05) is 11.3 Å². The van der Waals surface area contributed by atoms with E-state index in [1.54, 1.807) is 4.50 Å². The van der Waals surface area contributed by atoms with Crippen molar-refractivity contribution >= 4 is 43.1 Å². The molecule has 0 saturated carbocycles. The Balaban J connectivity index is 2.55. The molecule has 0 unspecified atom stereocenters. The third-order valence-corrected chi connectivity index (χ3v) is 10.3. The van der Waals surface area contributed by atoms with Gasteiger partial charge in [0.1, 0.15) is 6.61 Å². The van der Waals surface area contributed by atoms with Crippen molar-refractivity contribution < 1.29 is 4.74 Å². The molecule has 20 heavy (non-hydrogen) atoms. The summed E-state index contributed by atoms with van der Waals surface area (Å²) in [7, 11) is -2.66. The summed E-state index contributed by atoms with van der Waals surface area (Å²) in [6.07, 6.45) is 0. The lowest BCUT2D eigenvalue weighted by atomic mass is 10.1. The Morgan fingerprint density at radius 3 is 2.10 bits per heavy atom. The maximum Gasteiger partial charge on any atom is 0.227 e. The highest BCUT2D eigenvalue weighted by Crippen LogP contribution is 2.24. The Hall–Kier alpha value is -0.396. The first-order valence-corrected chi connectivity index (χ1v) is 15.1. The zero-order valence-corrected chi connectivity index (χ0v) is 16.9. The molecule has 0 aliphatic carbocycles. The molecule has 0 N–H and O–H groups in total. The average Bonchev–Trinajstić information content (AvgIpc) is 2.78. The molecule has 0 bridgehead atoms. The van der Waals surface area contributed by atoms with Crippen LogP contribution < -0.4 is 9.69 Å². The summed E-state index contributed by atoms with van der Waals surface area (Å²) in [6, 6.07) is 2.47. The van der Waals surface area contributed by atoms with Gasteiger partial charge in [-0.1, -0.05) is 45.3 Å². The van der Waals surface area contributed by atoms with Crippen LogP contribution in [0.15, 0.2) is 11.1 Å². The van der Waals surface area contributed by atoms with Crippen LogP contribution in [0.3, 0.4) is 0 Å². The topological polar surface area (TPSA) is 21.6 Å². The number of hydrogen-bond acceptors (Lipinski definition) is 3. The first-order chi connectivity index (χ1) is 8.90. The van der Waals surface area contributed by atoms with Crippen LogP contribution in [-0.4, -0.2) is 34.2 Å². The van der Waals surface area contributed by atoms with Crippen LogP contribution in [-0.2, 0) is 4.74 Å². The van der Waals surface area contributed by atoms with E-state index >= 15 is 0 Å². The van der Waals surface area contributed by atoms with Crippen molar-refractivity contribution in [3.63, 3.8) is 0 Å². The van der Waals surface area contributed by atoms with E-state index in [-0.39, 0.29) is 5.54 Å². The third kappa shape index (κ3) is 3.26. The molecule has 0 spiro atoms. The molecular weight excluding hydrogens is 298 g/mol. The lowest BCUT2D eigenvalue weighted by molar-refractivity contribution is 0.280. The number of rotatable bonds is 3. The predicted octanol–water partition coefficient (Wildman–Crippen LogP) is 3.39. The van der Waals surface area contributed by atoms with Crippen LogP contribution in [0.4, 0.5) is 0 Å². The molecule has 1 aromatic heterocycles. The van der Waals surface area contributed by atoms with E-state index in [9.17, 15) is 0 Å². The largest absolute Gasteiger partial charge is 0.474 e. The average molecular weight is 326 g/mol. The maximum absolute atomic E-state index is 5.91. The van der Waals surface area contributed by atoms with Crippen molar-refractivity contribution in [3.8, 4) is 0 Å². The molecule has 112 valence electrons. The fourth-order valence-electron chi connectivity index (χ4n) is 2.18. The number of ether oxygens (including phenoxy) is 1. The fraction of sp³-hybridized carbons (Fsp3) is 0.667. The minimum absolute atomic E-state index is 0.0741. The van der Waals surface area contributed by atoms with Gasteiger partial charge in [0.05, 0.1) is 26.6 Å². The van der Waals surface area contributed by atoms with E-state index in [2.05, 4.69) is 59.2 Å². The van der Waals surface area contributed by atoms with Crippen LogP contribution >= 0.6 is 11.3 Å². The van der Waals surface area contributed by atoms with E-state index < -0.39 is 16.1 Å². The number of thiophene rings is 1. The molecule has 0 atom stereocenters. The molecule has 0 amide bonds. The summed E-state index contributed by atoms with van der Waals surface area (Å²) < 4.78 is 7.48. The Morgan fingerprint density at radius 2 is 1.70 bits per heavy atom. The van der Waals surface area contributed by atoms with Gasteiger partial charge >= 0.3 is 0 Å². The van der Waals surface area contributed by atoms with E-state index in [4.69, 9.17) is 9.73 Å². The summed E-state index contributed by atoms with van der Waals surface area (Å²) in [5.41, 5.74) is -0.0741. The van der Waals surface area contributed by atoms with Gasteiger partial charge in [0.25, 0.3) is 0 Å². The second-order valence-corrected chi connectivity index (χ2v) is 19.9. The van der Waals surface area contributed by atoms with Crippen molar-refractivity contribution in [2.75, 3.05) is 6.61 Å². The molecule has 2 rings (SSSR count). The molecule has 2 heterocycles. The Morgan fingerprint density at radius 1 is 1.10 bits per heavy atom. The third-order valence-electron chi connectivity index (χ3n) is 3.44. The van der Waals surface area contributed by atoms with Crippen molar-refractivity contribution in [1.82, 2.24) is 0 Å². The Kier molecular flexibility index (Phi) is 3.85. The van der Waals surface area contributed by atoms with Crippen LogP contribution in [0, 0.1) is 0 Å². The summed E-state index contributed by atoms with van der Waals surface area (Å²) in [6.45, 7) is 19.5. The fourth-order valence-corrected chi connectivity index (χ4v) is 7.73. The van der Waals surface area contributed by atoms with Crippen molar-refractivity contribution in [3.05, 3.63) is 10.9 Å². The van der Waals surface area contributed by atoms with Crippen molar-refractivity contribution in [2.24, 2.45) is 4.99 Å². The SMILES string of the molecule is CC1(C)COC(c2sc([Si](C)(C)C)cc2[Si](C)(C)C)=N1. The number of aliphatic imine (C=N–C) groups is 1.